The maximum absolute atomic E-state index is 11.9. The predicted octanol–water partition coefficient (Wildman–Crippen LogP) is 3.50. The number of esters is 1. The van der Waals surface area contributed by atoms with Gasteiger partial charge in [-0.2, -0.15) is 0 Å². The topological polar surface area (TPSA) is 52.1 Å². The second-order valence-corrected chi connectivity index (χ2v) is 4.63. The smallest absolute Gasteiger partial charge is 0.339 e. The Hall–Kier alpha value is -1.39. The van der Waals surface area contributed by atoms with Crippen molar-refractivity contribution in [1.29, 1.82) is 0 Å². The van der Waals surface area contributed by atoms with Crippen molar-refractivity contribution in [2.75, 3.05) is 0 Å². The van der Waals surface area contributed by atoms with Gasteiger partial charge in [-0.1, -0.05) is 17.7 Å². The van der Waals surface area contributed by atoms with Gasteiger partial charge in [-0.25, -0.2) is 14.8 Å². The Morgan fingerprint density at radius 1 is 1.28 bits per heavy atom. The first-order chi connectivity index (χ1) is 8.49. The standard InChI is InChI=1S/C12H10Cl2N2O2/c1-6(2)18-11(17)7-4-3-5-8-9(7)10(13)16-12(14)15-8/h3-6H,1-2H3. The van der Waals surface area contributed by atoms with Crippen molar-refractivity contribution in [2.24, 2.45) is 0 Å². The van der Waals surface area contributed by atoms with Crippen LogP contribution in [0.1, 0.15) is 24.2 Å². The van der Waals surface area contributed by atoms with Crippen molar-refractivity contribution in [2.45, 2.75) is 20.0 Å². The van der Waals surface area contributed by atoms with Crippen LogP contribution >= 0.6 is 23.2 Å². The molecule has 1 aromatic heterocycles. The SMILES string of the molecule is CC(C)OC(=O)c1cccc2nc(Cl)nc(Cl)c12. The van der Waals surface area contributed by atoms with Gasteiger partial charge in [0, 0.05) is 0 Å². The van der Waals surface area contributed by atoms with E-state index in [0.717, 1.165) is 0 Å². The number of nitrogens with zero attached hydrogens (tertiary/aromatic N) is 2. The first-order valence-electron chi connectivity index (χ1n) is 5.32. The zero-order chi connectivity index (χ0) is 13.3. The summed E-state index contributed by atoms with van der Waals surface area (Å²) < 4.78 is 5.14. The summed E-state index contributed by atoms with van der Waals surface area (Å²) >= 11 is 11.7. The summed E-state index contributed by atoms with van der Waals surface area (Å²) in [5.41, 5.74) is 0.848. The maximum Gasteiger partial charge on any atom is 0.339 e. The number of rotatable bonds is 2. The molecule has 6 heteroatoms. The number of hydrogen-bond donors (Lipinski definition) is 0. The largest absolute Gasteiger partial charge is 0.459 e. The molecule has 0 saturated carbocycles. The molecule has 4 nitrogen and oxygen atoms in total. The fourth-order valence-electron chi connectivity index (χ4n) is 1.56. The number of carbonyl (C=O) groups excluding carboxylic acids is 1. The monoisotopic (exact) mass is 284 g/mol. The Labute approximate surface area is 114 Å². The number of hydrogen-bond acceptors (Lipinski definition) is 4. The molecule has 0 radical (unpaired) electrons. The van der Waals surface area contributed by atoms with Crippen LogP contribution in [0.3, 0.4) is 0 Å². The van der Waals surface area contributed by atoms with E-state index in [2.05, 4.69) is 9.97 Å². The number of aromatic nitrogens is 2. The van der Waals surface area contributed by atoms with Crippen LogP contribution in [0.5, 0.6) is 0 Å². The Morgan fingerprint density at radius 3 is 2.67 bits per heavy atom. The molecule has 0 N–H and O–H groups in total. The average molecular weight is 285 g/mol. The minimum atomic E-state index is -0.455. The molecule has 0 amide bonds. The van der Waals surface area contributed by atoms with Crippen LogP contribution in [0.25, 0.3) is 10.9 Å². The molecule has 0 spiro atoms. The lowest BCUT2D eigenvalue weighted by molar-refractivity contribution is 0.0380. The lowest BCUT2D eigenvalue weighted by Gasteiger charge is -2.10. The quantitative estimate of drug-likeness (QED) is 0.481. The van der Waals surface area contributed by atoms with Gasteiger partial charge in [0.15, 0.2) is 0 Å². The summed E-state index contributed by atoms with van der Waals surface area (Å²) in [6.45, 7) is 3.55. The predicted molar refractivity (Wildman–Crippen MR) is 70.1 cm³/mol. The van der Waals surface area contributed by atoms with E-state index in [4.69, 9.17) is 27.9 Å². The average Bonchev–Trinajstić information content (AvgIpc) is 2.26. The number of carbonyl (C=O) groups is 1. The highest BCUT2D eigenvalue weighted by molar-refractivity contribution is 6.36. The van der Waals surface area contributed by atoms with Gasteiger partial charge in [0.25, 0.3) is 0 Å². The van der Waals surface area contributed by atoms with E-state index in [1.165, 1.54) is 0 Å². The molecule has 0 aliphatic carbocycles. The normalized spacial score (nSPS) is 10.9. The second-order valence-electron chi connectivity index (χ2n) is 3.94. The number of fused-ring (bicyclic) bond motifs is 1. The fraction of sp³-hybridized carbons (Fsp3) is 0.250. The molecule has 0 aliphatic rings. The van der Waals surface area contributed by atoms with E-state index in [1.54, 1.807) is 32.0 Å². The summed E-state index contributed by atoms with van der Waals surface area (Å²) in [4.78, 5) is 19.8. The Kier molecular flexibility index (Phi) is 3.68. The van der Waals surface area contributed by atoms with Crippen LogP contribution in [0.2, 0.25) is 10.4 Å². The van der Waals surface area contributed by atoms with Crippen LogP contribution < -0.4 is 0 Å². The molecule has 18 heavy (non-hydrogen) atoms. The highest BCUT2D eigenvalue weighted by Gasteiger charge is 2.17. The van der Waals surface area contributed by atoms with Crippen molar-refractivity contribution in [3.63, 3.8) is 0 Å². The number of halogens is 2. The third kappa shape index (κ3) is 2.54. The third-order valence-electron chi connectivity index (χ3n) is 2.21. The molecule has 2 aromatic rings. The maximum atomic E-state index is 11.9. The van der Waals surface area contributed by atoms with Crippen LogP contribution in [-0.4, -0.2) is 22.0 Å². The number of ether oxygens (including phenoxy) is 1. The fourth-order valence-corrected chi connectivity index (χ4v) is 2.06. The summed E-state index contributed by atoms with van der Waals surface area (Å²) in [5, 5.41) is 0.636. The first kappa shape index (κ1) is 13.1. The lowest BCUT2D eigenvalue weighted by Crippen LogP contribution is -2.12. The summed E-state index contributed by atoms with van der Waals surface area (Å²) in [6.07, 6.45) is -0.209. The molecular formula is C12H10Cl2N2O2. The van der Waals surface area contributed by atoms with Crippen molar-refractivity contribution >= 4 is 40.1 Å². The van der Waals surface area contributed by atoms with Gasteiger partial charge in [0.1, 0.15) is 5.15 Å². The van der Waals surface area contributed by atoms with Crippen molar-refractivity contribution in [3.8, 4) is 0 Å². The van der Waals surface area contributed by atoms with Gasteiger partial charge in [-0.05, 0) is 37.6 Å². The molecule has 1 heterocycles. The van der Waals surface area contributed by atoms with E-state index in [0.29, 0.717) is 16.5 Å². The van der Waals surface area contributed by atoms with Gasteiger partial charge < -0.3 is 4.74 Å². The molecule has 0 aliphatic heterocycles. The van der Waals surface area contributed by atoms with Gasteiger partial charge in [-0.15, -0.1) is 0 Å². The van der Waals surface area contributed by atoms with E-state index < -0.39 is 5.97 Å². The molecule has 0 fully saturated rings. The molecule has 0 saturated heterocycles. The third-order valence-corrected chi connectivity index (χ3v) is 2.66. The van der Waals surface area contributed by atoms with Gasteiger partial charge in [0.2, 0.25) is 5.28 Å². The zero-order valence-electron chi connectivity index (χ0n) is 9.78. The van der Waals surface area contributed by atoms with Crippen molar-refractivity contribution < 1.29 is 9.53 Å². The molecule has 2 rings (SSSR count). The molecule has 94 valence electrons. The lowest BCUT2D eigenvalue weighted by atomic mass is 10.1. The van der Waals surface area contributed by atoms with E-state index in [9.17, 15) is 4.79 Å². The Balaban J connectivity index is 2.61. The molecule has 0 atom stereocenters. The Bertz CT molecular complexity index is 614. The van der Waals surface area contributed by atoms with Crippen LogP contribution in [0.15, 0.2) is 18.2 Å². The number of benzene rings is 1. The minimum absolute atomic E-state index is 0.0434. The summed E-state index contributed by atoms with van der Waals surface area (Å²) in [6, 6.07) is 5.02. The zero-order valence-corrected chi connectivity index (χ0v) is 11.3. The van der Waals surface area contributed by atoms with Crippen molar-refractivity contribution in [3.05, 3.63) is 34.2 Å². The molecule has 1 aromatic carbocycles. The Morgan fingerprint density at radius 2 is 2.00 bits per heavy atom. The highest BCUT2D eigenvalue weighted by Crippen LogP contribution is 2.26. The minimum Gasteiger partial charge on any atom is -0.459 e. The van der Waals surface area contributed by atoms with Crippen LogP contribution in [0.4, 0.5) is 0 Å². The van der Waals surface area contributed by atoms with Gasteiger partial charge in [-0.3, -0.25) is 0 Å². The second kappa shape index (κ2) is 5.08. The van der Waals surface area contributed by atoms with Crippen LogP contribution in [0, 0.1) is 0 Å². The molecule has 0 bridgehead atoms. The van der Waals surface area contributed by atoms with Crippen LogP contribution in [-0.2, 0) is 4.74 Å². The first-order valence-corrected chi connectivity index (χ1v) is 6.07. The van der Waals surface area contributed by atoms with Crippen molar-refractivity contribution in [1.82, 2.24) is 9.97 Å². The van der Waals surface area contributed by atoms with E-state index in [-0.39, 0.29) is 16.5 Å². The molecular weight excluding hydrogens is 275 g/mol. The summed E-state index contributed by atoms with van der Waals surface area (Å²) in [7, 11) is 0. The van der Waals surface area contributed by atoms with E-state index >= 15 is 0 Å². The molecule has 0 unspecified atom stereocenters. The van der Waals surface area contributed by atoms with Gasteiger partial charge in [0.05, 0.1) is 22.6 Å². The highest BCUT2D eigenvalue weighted by atomic mass is 35.5. The van der Waals surface area contributed by atoms with E-state index in [1.807, 2.05) is 0 Å². The van der Waals surface area contributed by atoms with Gasteiger partial charge >= 0.3 is 5.97 Å². The summed E-state index contributed by atoms with van der Waals surface area (Å²) in [5.74, 6) is -0.455.